The molecular formula is C9H6ClN7O. The van der Waals surface area contributed by atoms with Gasteiger partial charge in [-0.2, -0.15) is 24.7 Å². The van der Waals surface area contributed by atoms with Crippen molar-refractivity contribution in [3.8, 4) is 5.82 Å². The molecule has 18 heavy (non-hydrogen) atoms. The summed E-state index contributed by atoms with van der Waals surface area (Å²) in [6.07, 6.45) is 4.19. The third-order valence-corrected chi connectivity index (χ3v) is 2.50. The fourth-order valence-corrected chi connectivity index (χ4v) is 1.68. The molecule has 0 atom stereocenters. The Hall–Kier alpha value is -2.48. The van der Waals surface area contributed by atoms with Gasteiger partial charge in [0.25, 0.3) is 11.7 Å². The highest BCUT2D eigenvalue weighted by Gasteiger charge is 2.11. The van der Waals surface area contributed by atoms with Crippen LogP contribution in [0.5, 0.6) is 0 Å². The van der Waals surface area contributed by atoms with E-state index in [-0.39, 0.29) is 10.7 Å². The zero-order valence-corrected chi connectivity index (χ0v) is 9.61. The molecule has 0 fully saturated rings. The molecule has 0 aliphatic carbocycles. The fraction of sp³-hybridized carbons (Fsp3) is 0. The molecule has 3 aromatic heterocycles. The zero-order chi connectivity index (χ0) is 12.7. The normalized spacial score (nSPS) is 10.9. The summed E-state index contributed by atoms with van der Waals surface area (Å²) in [5.41, 5.74) is 5.45. The van der Waals surface area contributed by atoms with E-state index in [9.17, 15) is 4.79 Å². The van der Waals surface area contributed by atoms with Gasteiger partial charge in [0.15, 0.2) is 5.82 Å². The number of halogens is 1. The van der Waals surface area contributed by atoms with E-state index >= 15 is 0 Å². The van der Waals surface area contributed by atoms with Crippen LogP contribution in [0.3, 0.4) is 0 Å². The van der Waals surface area contributed by atoms with Gasteiger partial charge in [0.2, 0.25) is 0 Å². The molecule has 1 amide bonds. The van der Waals surface area contributed by atoms with Gasteiger partial charge in [-0.15, -0.1) is 0 Å². The van der Waals surface area contributed by atoms with Crippen molar-refractivity contribution in [1.29, 1.82) is 0 Å². The predicted molar refractivity (Wildman–Crippen MR) is 61.4 cm³/mol. The van der Waals surface area contributed by atoms with Gasteiger partial charge >= 0.3 is 0 Å². The largest absolute Gasteiger partial charge is 0.366 e. The topological polar surface area (TPSA) is 104 Å². The third-order valence-electron chi connectivity index (χ3n) is 2.30. The second-order valence-electron chi connectivity index (χ2n) is 3.45. The Morgan fingerprint density at radius 2 is 2.22 bits per heavy atom. The lowest BCUT2D eigenvalue weighted by Gasteiger charge is -2.03. The van der Waals surface area contributed by atoms with Crippen LogP contribution in [-0.2, 0) is 0 Å². The number of nitrogens with zero attached hydrogens (tertiary/aromatic N) is 6. The average Bonchev–Trinajstić information content (AvgIpc) is 2.95. The molecule has 0 saturated heterocycles. The van der Waals surface area contributed by atoms with E-state index < -0.39 is 5.91 Å². The summed E-state index contributed by atoms with van der Waals surface area (Å²) in [5.74, 6) is 0.292. The van der Waals surface area contributed by atoms with Gasteiger partial charge in [0.1, 0.15) is 11.5 Å². The molecule has 0 aromatic carbocycles. The highest BCUT2D eigenvalue weighted by Crippen LogP contribution is 2.14. The molecule has 90 valence electrons. The van der Waals surface area contributed by atoms with Crippen molar-refractivity contribution in [3.63, 3.8) is 0 Å². The molecule has 0 aliphatic heterocycles. The summed E-state index contributed by atoms with van der Waals surface area (Å²) in [7, 11) is 0. The lowest BCUT2D eigenvalue weighted by molar-refractivity contribution is 0.100. The Labute approximate surface area is 105 Å². The molecule has 0 saturated carbocycles. The molecular weight excluding hydrogens is 258 g/mol. The first-order valence-corrected chi connectivity index (χ1v) is 5.24. The molecule has 3 heterocycles. The van der Waals surface area contributed by atoms with Crippen LogP contribution in [0.4, 0.5) is 0 Å². The van der Waals surface area contributed by atoms with Crippen molar-refractivity contribution in [2.75, 3.05) is 0 Å². The minimum Gasteiger partial charge on any atom is -0.366 e. The molecule has 0 spiro atoms. The van der Waals surface area contributed by atoms with Crippen LogP contribution in [0.15, 0.2) is 24.8 Å². The first-order valence-electron chi connectivity index (χ1n) is 4.86. The molecule has 9 heteroatoms. The zero-order valence-electron chi connectivity index (χ0n) is 8.86. The van der Waals surface area contributed by atoms with Gasteiger partial charge in [0.05, 0.1) is 11.8 Å². The first-order chi connectivity index (χ1) is 8.65. The summed E-state index contributed by atoms with van der Waals surface area (Å²) in [6, 6.07) is 1.56. The van der Waals surface area contributed by atoms with Crippen LogP contribution in [-0.4, -0.2) is 35.3 Å². The van der Waals surface area contributed by atoms with Crippen molar-refractivity contribution in [1.82, 2.24) is 29.4 Å². The maximum Gasteiger partial charge on any atom is 0.255 e. The van der Waals surface area contributed by atoms with Crippen LogP contribution in [0.2, 0.25) is 5.15 Å². The number of primary amides is 1. The van der Waals surface area contributed by atoms with E-state index in [1.54, 1.807) is 6.07 Å². The molecule has 0 aliphatic rings. The number of nitrogens with two attached hydrogens (primary N) is 1. The summed E-state index contributed by atoms with van der Waals surface area (Å²) in [4.78, 5) is 18.9. The fourth-order valence-electron chi connectivity index (χ4n) is 1.51. The number of carbonyl (C=O) groups excluding carboxylic acids is 1. The Balaban J connectivity index is 2.23. The van der Waals surface area contributed by atoms with Crippen LogP contribution < -0.4 is 5.73 Å². The number of rotatable bonds is 2. The number of aromatic nitrogens is 6. The monoisotopic (exact) mass is 263 g/mol. The third kappa shape index (κ3) is 1.59. The quantitative estimate of drug-likeness (QED) is 0.659. The average molecular weight is 264 g/mol. The number of hydrogen-bond donors (Lipinski definition) is 1. The van der Waals surface area contributed by atoms with E-state index in [1.165, 1.54) is 27.9 Å². The SMILES string of the molecule is NC(=O)c1cnn(-c2cc(Cl)nc3ncnn23)c1. The van der Waals surface area contributed by atoms with E-state index in [0.29, 0.717) is 11.6 Å². The molecule has 2 N–H and O–H groups in total. The minimum atomic E-state index is -0.559. The molecule has 8 nitrogen and oxygen atoms in total. The Morgan fingerprint density at radius 1 is 1.39 bits per heavy atom. The number of amides is 1. The van der Waals surface area contributed by atoms with Gasteiger partial charge < -0.3 is 5.73 Å². The highest BCUT2D eigenvalue weighted by atomic mass is 35.5. The summed E-state index contributed by atoms with van der Waals surface area (Å²) >= 11 is 5.88. The van der Waals surface area contributed by atoms with Crippen molar-refractivity contribution in [2.24, 2.45) is 5.73 Å². The lowest BCUT2D eigenvalue weighted by atomic mass is 10.3. The minimum absolute atomic E-state index is 0.252. The van der Waals surface area contributed by atoms with Crippen LogP contribution >= 0.6 is 11.6 Å². The van der Waals surface area contributed by atoms with E-state index in [0.717, 1.165) is 0 Å². The van der Waals surface area contributed by atoms with Gasteiger partial charge in [-0.3, -0.25) is 4.79 Å². The van der Waals surface area contributed by atoms with Gasteiger partial charge in [-0.1, -0.05) is 11.6 Å². The second-order valence-corrected chi connectivity index (χ2v) is 3.83. The van der Waals surface area contributed by atoms with Crippen molar-refractivity contribution in [3.05, 3.63) is 35.5 Å². The van der Waals surface area contributed by atoms with Gasteiger partial charge in [-0.25, -0.2) is 4.68 Å². The molecule has 3 rings (SSSR count). The Bertz CT molecular complexity index is 746. The van der Waals surface area contributed by atoms with Gasteiger partial charge in [-0.05, 0) is 0 Å². The summed E-state index contributed by atoms with van der Waals surface area (Å²) < 4.78 is 2.87. The summed E-state index contributed by atoms with van der Waals surface area (Å²) in [5, 5.41) is 8.27. The predicted octanol–water partition coefficient (Wildman–Crippen LogP) is 0.0623. The Kier molecular flexibility index (Phi) is 2.23. The lowest BCUT2D eigenvalue weighted by Crippen LogP contribution is -2.10. The molecule has 0 unspecified atom stereocenters. The molecule has 0 bridgehead atoms. The maximum absolute atomic E-state index is 11.0. The summed E-state index contributed by atoms with van der Waals surface area (Å²) in [6.45, 7) is 0. The smallest absolute Gasteiger partial charge is 0.255 e. The molecule has 0 radical (unpaired) electrons. The highest BCUT2D eigenvalue weighted by molar-refractivity contribution is 6.29. The van der Waals surface area contributed by atoms with Crippen LogP contribution in [0, 0.1) is 0 Å². The van der Waals surface area contributed by atoms with Crippen molar-refractivity contribution in [2.45, 2.75) is 0 Å². The van der Waals surface area contributed by atoms with E-state index in [4.69, 9.17) is 17.3 Å². The number of carbonyl (C=O) groups is 1. The van der Waals surface area contributed by atoms with Crippen LogP contribution in [0.25, 0.3) is 11.6 Å². The van der Waals surface area contributed by atoms with Gasteiger partial charge in [0, 0.05) is 12.3 Å². The van der Waals surface area contributed by atoms with Crippen LogP contribution in [0.1, 0.15) is 10.4 Å². The molecule has 3 aromatic rings. The number of hydrogen-bond acceptors (Lipinski definition) is 5. The maximum atomic E-state index is 11.0. The number of fused-ring (bicyclic) bond motifs is 1. The first kappa shape index (κ1) is 10.7. The second kappa shape index (κ2) is 3.77. The van der Waals surface area contributed by atoms with Crippen molar-refractivity contribution < 1.29 is 4.79 Å². The van der Waals surface area contributed by atoms with E-state index in [1.807, 2.05) is 0 Å². The van der Waals surface area contributed by atoms with E-state index in [2.05, 4.69) is 20.2 Å². The van der Waals surface area contributed by atoms with Crippen molar-refractivity contribution >= 4 is 23.3 Å². The standard InChI is InChI=1S/C9H6ClN7O/c10-6-1-7(17-9(15-6)12-4-14-17)16-3-5(2-13-16)8(11)18/h1-4H,(H2,11,18). The Morgan fingerprint density at radius 3 is 2.94 bits per heavy atom.